The molecule has 0 radical (unpaired) electrons. The number of hydrogen-bond acceptors (Lipinski definition) is 9. The third-order valence-electron chi connectivity index (χ3n) is 4.26. The molecule has 0 saturated heterocycles. The Kier molecular flexibility index (Phi) is 5.72. The summed E-state index contributed by atoms with van der Waals surface area (Å²) in [6.45, 7) is 2.02. The molecule has 29 heavy (non-hydrogen) atoms. The zero-order valence-electron chi connectivity index (χ0n) is 16.0. The van der Waals surface area contributed by atoms with E-state index in [1.54, 1.807) is 11.3 Å². The summed E-state index contributed by atoms with van der Waals surface area (Å²) in [5, 5.41) is 14.7. The maximum Gasteiger partial charge on any atom is 0.232 e. The molecule has 148 valence electrons. The second-order valence-corrected chi connectivity index (χ2v) is 8.35. The van der Waals surface area contributed by atoms with E-state index in [4.69, 9.17) is 5.73 Å². The molecular weight excluding hydrogens is 404 g/mol. The second kappa shape index (κ2) is 8.58. The van der Waals surface area contributed by atoms with E-state index in [-0.39, 0.29) is 5.95 Å². The van der Waals surface area contributed by atoms with Gasteiger partial charge in [0.2, 0.25) is 11.9 Å². The van der Waals surface area contributed by atoms with Crippen LogP contribution in [-0.4, -0.2) is 29.7 Å². The fourth-order valence-corrected chi connectivity index (χ4v) is 4.20. The van der Waals surface area contributed by atoms with Crippen molar-refractivity contribution in [2.45, 2.75) is 24.3 Å². The van der Waals surface area contributed by atoms with Crippen molar-refractivity contribution >= 4 is 40.7 Å². The third kappa shape index (κ3) is 4.72. The van der Waals surface area contributed by atoms with Crippen LogP contribution in [0.25, 0.3) is 0 Å². The van der Waals surface area contributed by atoms with E-state index in [1.165, 1.54) is 16.6 Å². The largest absolute Gasteiger partial charge is 0.368 e. The number of rotatable bonds is 7. The van der Waals surface area contributed by atoms with Crippen LogP contribution in [0.4, 0.5) is 17.6 Å². The zero-order chi connectivity index (χ0) is 20.2. The predicted molar refractivity (Wildman–Crippen MR) is 116 cm³/mol. The number of hydrogen-bond donors (Lipinski definition) is 2. The average molecular weight is 425 g/mol. The molecule has 3 N–H and O–H groups in total. The molecule has 0 atom stereocenters. The Morgan fingerprint density at radius 1 is 1.10 bits per heavy atom. The van der Waals surface area contributed by atoms with Gasteiger partial charge in [0.05, 0.1) is 5.75 Å². The van der Waals surface area contributed by atoms with Crippen molar-refractivity contribution in [3.8, 4) is 0 Å². The minimum atomic E-state index is 0.183. The summed E-state index contributed by atoms with van der Waals surface area (Å²) in [5.74, 6) is 2.63. The van der Waals surface area contributed by atoms with Crippen LogP contribution in [0.2, 0.25) is 0 Å². The van der Waals surface area contributed by atoms with E-state index in [0.717, 1.165) is 28.7 Å². The Bertz CT molecular complexity index is 1110. The SMILES string of the molecule is Cc1ccccc1Nc1nc(N)nc(CSc2nnc(Cc3cccs3)n2C)n1. The Labute approximate surface area is 176 Å². The number of nitrogens with one attached hydrogen (secondary N) is 1. The van der Waals surface area contributed by atoms with E-state index in [9.17, 15) is 0 Å². The van der Waals surface area contributed by atoms with Gasteiger partial charge >= 0.3 is 0 Å². The highest BCUT2D eigenvalue weighted by atomic mass is 32.2. The third-order valence-corrected chi connectivity index (χ3v) is 6.15. The average Bonchev–Trinajstić information content (AvgIpc) is 3.33. The first-order valence-electron chi connectivity index (χ1n) is 8.95. The van der Waals surface area contributed by atoms with Crippen molar-refractivity contribution in [1.29, 1.82) is 0 Å². The van der Waals surface area contributed by atoms with Crippen LogP contribution in [0.5, 0.6) is 0 Å². The minimum absolute atomic E-state index is 0.183. The summed E-state index contributed by atoms with van der Waals surface area (Å²) >= 11 is 3.23. The van der Waals surface area contributed by atoms with Crippen LogP contribution < -0.4 is 11.1 Å². The Hall–Kier alpha value is -2.98. The molecule has 8 nitrogen and oxygen atoms in total. The predicted octanol–water partition coefficient (Wildman–Crippen LogP) is 3.58. The number of nitrogen functional groups attached to an aromatic ring is 1. The van der Waals surface area contributed by atoms with E-state index in [0.29, 0.717) is 17.5 Å². The molecule has 0 bridgehead atoms. The molecule has 0 aliphatic carbocycles. The number of thioether (sulfide) groups is 1. The maximum atomic E-state index is 5.89. The summed E-state index contributed by atoms with van der Waals surface area (Å²) in [6, 6.07) is 12.1. The molecule has 0 saturated carbocycles. The summed E-state index contributed by atoms with van der Waals surface area (Å²) in [4.78, 5) is 14.2. The van der Waals surface area contributed by atoms with Crippen molar-refractivity contribution in [3.05, 3.63) is 63.9 Å². The van der Waals surface area contributed by atoms with Crippen LogP contribution in [0, 0.1) is 6.92 Å². The normalized spacial score (nSPS) is 11.0. The van der Waals surface area contributed by atoms with Crippen molar-refractivity contribution in [2.24, 2.45) is 7.05 Å². The Morgan fingerprint density at radius 3 is 2.76 bits per heavy atom. The van der Waals surface area contributed by atoms with Gasteiger partial charge in [-0.05, 0) is 30.0 Å². The molecule has 4 rings (SSSR count). The van der Waals surface area contributed by atoms with Gasteiger partial charge in [-0.3, -0.25) is 0 Å². The highest BCUT2D eigenvalue weighted by molar-refractivity contribution is 7.98. The quantitative estimate of drug-likeness (QED) is 0.434. The fraction of sp³-hybridized carbons (Fsp3) is 0.211. The van der Waals surface area contributed by atoms with Gasteiger partial charge in [0.15, 0.2) is 5.16 Å². The number of thiophene rings is 1. The van der Waals surface area contributed by atoms with Gasteiger partial charge in [-0.2, -0.15) is 15.0 Å². The molecule has 0 aliphatic rings. The monoisotopic (exact) mass is 424 g/mol. The van der Waals surface area contributed by atoms with Gasteiger partial charge in [-0.25, -0.2) is 0 Å². The zero-order valence-corrected chi connectivity index (χ0v) is 17.7. The Balaban J connectivity index is 1.45. The van der Waals surface area contributed by atoms with E-state index in [2.05, 4.69) is 41.9 Å². The lowest BCUT2D eigenvalue weighted by molar-refractivity contribution is 0.750. The molecule has 3 heterocycles. The molecule has 4 aromatic rings. The van der Waals surface area contributed by atoms with Crippen LogP contribution >= 0.6 is 23.1 Å². The van der Waals surface area contributed by atoms with Gasteiger partial charge in [-0.1, -0.05) is 36.0 Å². The van der Waals surface area contributed by atoms with Gasteiger partial charge in [-0.15, -0.1) is 21.5 Å². The lowest BCUT2D eigenvalue weighted by Crippen LogP contribution is -2.07. The summed E-state index contributed by atoms with van der Waals surface area (Å²) in [6.07, 6.45) is 0.769. The minimum Gasteiger partial charge on any atom is -0.368 e. The van der Waals surface area contributed by atoms with Crippen molar-refractivity contribution in [3.63, 3.8) is 0 Å². The number of para-hydroxylation sites is 1. The lowest BCUT2D eigenvalue weighted by atomic mass is 10.2. The molecular formula is C19H20N8S2. The van der Waals surface area contributed by atoms with Gasteiger partial charge in [0.25, 0.3) is 0 Å². The highest BCUT2D eigenvalue weighted by Gasteiger charge is 2.13. The summed E-state index contributed by atoms with van der Waals surface area (Å²) in [5.41, 5.74) is 7.92. The second-order valence-electron chi connectivity index (χ2n) is 6.38. The van der Waals surface area contributed by atoms with Crippen LogP contribution in [0.3, 0.4) is 0 Å². The van der Waals surface area contributed by atoms with Crippen LogP contribution in [-0.2, 0) is 19.2 Å². The molecule has 10 heteroatoms. The Morgan fingerprint density at radius 2 is 1.97 bits per heavy atom. The molecule has 0 aliphatic heterocycles. The highest BCUT2D eigenvalue weighted by Crippen LogP contribution is 2.23. The summed E-state index contributed by atoms with van der Waals surface area (Å²) < 4.78 is 2.00. The number of aryl methyl sites for hydroxylation is 1. The number of aromatic nitrogens is 6. The molecule has 3 aromatic heterocycles. The van der Waals surface area contributed by atoms with Crippen LogP contribution in [0.15, 0.2) is 46.9 Å². The van der Waals surface area contributed by atoms with Gasteiger partial charge in [0.1, 0.15) is 11.6 Å². The number of nitrogens with zero attached hydrogens (tertiary/aromatic N) is 6. The maximum absolute atomic E-state index is 5.89. The summed E-state index contributed by atoms with van der Waals surface area (Å²) in [7, 11) is 1.97. The van der Waals surface area contributed by atoms with Crippen LogP contribution in [0.1, 0.15) is 22.1 Å². The number of nitrogens with two attached hydrogens (primary N) is 1. The first-order chi connectivity index (χ1) is 14.1. The smallest absolute Gasteiger partial charge is 0.232 e. The molecule has 0 spiro atoms. The standard InChI is InChI=1S/C19H20N8S2/c1-12-6-3-4-8-14(12)21-18-23-15(22-17(20)24-18)11-29-19-26-25-16(27(19)2)10-13-7-5-9-28-13/h3-9H,10-11H2,1-2H3,(H3,20,21,22,23,24). The van der Waals surface area contributed by atoms with Crippen molar-refractivity contribution < 1.29 is 0 Å². The number of anilines is 3. The molecule has 0 amide bonds. The first-order valence-corrected chi connectivity index (χ1v) is 10.8. The van der Waals surface area contributed by atoms with E-state index < -0.39 is 0 Å². The molecule has 0 fully saturated rings. The topological polar surface area (TPSA) is 107 Å². The van der Waals surface area contributed by atoms with Gasteiger partial charge in [0, 0.05) is 24.0 Å². The molecule has 0 unspecified atom stereocenters. The van der Waals surface area contributed by atoms with E-state index in [1.807, 2.05) is 48.9 Å². The van der Waals surface area contributed by atoms with Crippen molar-refractivity contribution in [1.82, 2.24) is 29.7 Å². The van der Waals surface area contributed by atoms with E-state index >= 15 is 0 Å². The number of benzene rings is 1. The van der Waals surface area contributed by atoms with Gasteiger partial charge < -0.3 is 15.6 Å². The van der Waals surface area contributed by atoms with Crippen molar-refractivity contribution in [2.75, 3.05) is 11.1 Å². The first kappa shape index (κ1) is 19.3. The fourth-order valence-electron chi connectivity index (χ4n) is 2.71. The molecule has 1 aromatic carbocycles. The lowest BCUT2D eigenvalue weighted by Gasteiger charge is -2.09.